The Morgan fingerprint density at radius 1 is 1.30 bits per heavy atom. The predicted octanol–water partition coefficient (Wildman–Crippen LogP) is 4.06. The van der Waals surface area contributed by atoms with Gasteiger partial charge in [-0.05, 0) is 48.4 Å². The lowest BCUT2D eigenvalue weighted by molar-refractivity contribution is 0.0697. The molecule has 0 radical (unpaired) electrons. The van der Waals surface area contributed by atoms with Crippen LogP contribution in [0.1, 0.15) is 21.5 Å². The molecule has 1 N–H and O–H groups in total. The molecule has 0 saturated heterocycles. The summed E-state index contributed by atoms with van der Waals surface area (Å²) in [5.41, 5.74) is 1.72. The van der Waals surface area contributed by atoms with Gasteiger partial charge in [0.2, 0.25) is 0 Å². The zero-order valence-electron chi connectivity index (χ0n) is 10.7. The van der Waals surface area contributed by atoms with Gasteiger partial charge < -0.3 is 9.84 Å². The van der Waals surface area contributed by atoms with Crippen LogP contribution in [0.5, 0.6) is 5.75 Å². The van der Waals surface area contributed by atoms with Crippen molar-refractivity contribution in [2.75, 3.05) is 0 Å². The van der Waals surface area contributed by atoms with Crippen LogP contribution in [0.4, 0.5) is 4.39 Å². The monoisotopic (exact) mass is 294 g/mol. The summed E-state index contributed by atoms with van der Waals surface area (Å²) in [6, 6.07) is 8.68. The van der Waals surface area contributed by atoms with Crippen molar-refractivity contribution in [3.8, 4) is 5.75 Å². The Morgan fingerprint density at radius 2 is 2.05 bits per heavy atom. The third-order valence-electron chi connectivity index (χ3n) is 2.87. The molecule has 2 rings (SSSR count). The second-order valence-electron chi connectivity index (χ2n) is 4.31. The van der Waals surface area contributed by atoms with Gasteiger partial charge in [0, 0.05) is 0 Å². The standard InChI is InChI=1S/C15H12ClFO3/c1-9-6-12(17)4-2-11(9)8-20-14-5-3-10(15(18)19)7-13(14)16/h2-7H,8H2,1H3,(H,18,19). The molecule has 3 nitrogen and oxygen atoms in total. The number of halogens is 2. The number of carboxylic acids is 1. The maximum Gasteiger partial charge on any atom is 0.335 e. The molecule has 0 unspecified atom stereocenters. The third-order valence-corrected chi connectivity index (χ3v) is 3.16. The summed E-state index contributed by atoms with van der Waals surface area (Å²) in [5, 5.41) is 9.06. The van der Waals surface area contributed by atoms with Gasteiger partial charge in [0.25, 0.3) is 0 Å². The van der Waals surface area contributed by atoms with E-state index in [4.69, 9.17) is 21.4 Å². The quantitative estimate of drug-likeness (QED) is 0.925. The highest BCUT2D eigenvalue weighted by atomic mass is 35.5. The fourth-order valence-electron chi connectivity index (χ4n) is 1.73. The Balaban J connectivity index is 2.13. The maximum atomic E-state index is 13.0. The van der Waals surface area contributed by atoms with E-state index in [1.165, 1.54) is 30.3 Å². The summed E-state index contributed by atoms with van der Waals surface area (Å²) in [4.78, 5) is 10.8. The van der Waals surface area contributed by atoms with E-state index in [1.807, 2.05) is 0 Å². The van der Waals surface area contributed by atoms with E-state index in [0.717, 1.165) is 11.1 Å². The Hall–Kier alpha value is -2.07. The van der Waals surface area contributed by atoms with Crippen LogP contribution >= 0.6 is 11.6 Å². The van der Waals surface area contributed by atoms with Crippen LogP contribution < -0.4 is 4.74 Å². The van der Waals surface area contributed by atoms with Crippen molar-refractivity contribution in [3.63, 3.8) is 0 Å². The van der Waals surface area contributed by atoms with Crippen LogP contribution in [-0.2, 0) is 6.61 Å². The average molecular weight is 295 g/mol. The Bertz CT molecular complexity index is 656. The molecule has 0 spiro atoms. The maximum absolute atomic E-state index is 13.0. The molecular weight excluding hydrogens is 283 g/mol. The molecule has 20 heavy (non-hydrogen) atoms. The zero-order valence-corrected chi connectivity index (χ0v) is 11.4. The molecule has 2 aromatic rings. The highest BCUT2D eigenvalue weighted by molar-refractivity contribution is 6.32. The first-order valence-corrected chi connectivity index (χ1v) is 6.26. The Morgan fingerprint density at radius 3 is 2.65 bits per heavy atom. The number of benzene rings is 2. The van der Waals surface area contributed by atoms with Crippen molar-refractivity contribution in [2.45, 2.75) is 13.5 Å². The van der Waals surface area contributed by atoms with E-state index in [0.29, 0.717) is 5.75 Å². The van der Waals surface area contributed by atoms with Crippen molar-refractivity contribution in [1.29, 1.82) is 0 Å². The number of carbonyl (C=O) groups is 1. The first-order chi connectivity index (χ1) is 9.47. The van der Waals surface area contributed by atoms with E-state index in [2.05, 4.69) is 0 Å². The summed E-state index contributed by atoms with van der Waals surface area (Å²) in [5.74, 6) is -0.955. The van der Waals surface area contributed by atoms with Crippen LogP contribution in [-0.4, -0.2) is 11.1 Å². The summed E-state index contributed by atoms with van der Waals surface area (Å²) >= 11 is 5.96. The van der Waals surface area contributed by atoms with Crippen molar-refractivity contribution in [1.82, 2.24) is 0 Å². The first-order valence-electron chi connectivity index (χ1n) is 5.88. The molecule has 5 heteroatoms. The van der Waals surface area contributed by atoms with E-state index < -0.39 is 5.97 Å². The normalized spacial score (nSPS) is 10.3. The van der Waals surface area contributed by atoms with Gasteiger partial charge in [-0.3, -0.25) is 0 Å². The number of hydrogen-bond acceptors (Lipinski definition) is 2. The molecular formula is C15H12ClFO3. The van der Waals surface area contributed by atoms with Crippen molar-refractivity contribution >= 4 is 17.6 Å². The van der Waals surface area contributed by atoms with Crippen molar-refractivity contribution < 1.29 is 19.0 Å². The number of hydrogen-bond donors (Lipinski definition) is 1. The fourth-order valence-corrected chi connectivity index (χ4v) is 1.96. The van der Waals surface area contributed by atoms with Crippen LogP contribution in [0.15, 0.2) is 36.4 Å². The first kappa shape index (κ1) is 14.3. The molecule has 0 saturated carbocycles. The van der Waals surface area contributed by atoms with Gasteiger partial charge in [0.1, 0.15) is 18.2 Å². The zero-order chi connectivity index (χ0) is 14.7. The van der Waals surface area contributed by atoms with Crippen LogP contribution in [0.25, 0.3) is 0 Å². The molecule has 0 aliphatic carbocycles. The number of carboxylic acid groups (broad SMARTS) is 1. The second kappa shape index (κ2) is 5.92. The molecule has 0 amide bonds. The molecule has 2 aromatic carbocycles. The Kier molecular flexibility index (Phi) is 4.25. The van der Waals surface area contributed by atoms with Gasteiger partial charge in [-0.25, -0.2) is 9.18 Å². The highest BCUT2D eigenvalue weighted by Crippen LogP contribution is 2.26. The van der Waals surface area contributed by atoms with Gasteiger partial charge >= 0.3 is 5.97 Å². The van der Waals surface area contributed by atoms with Crippen molar-refractivity contribution in [2.24, 2.45) is 0 Å². The average Bonchev–Trinajstić information content (AvgIpc) is 2.38. The van der Waals surface area contributed by atoms with E-state index in [-0.39, 0.29) is 23.0 Å². The molecule has 104 valence electrons. The van der Waals surface area contributed by atoms with Crippen LogP contribution in [0.3, 0.4) is 0 Å². The molecule has 0 fully saturated rings. The third kappa shape index (κ3) is 3.27. The van der Waals surface area contributed by atoms with Gasteiger partial charge in [-0.15, -0.1) is 0 Å². The lowest BCUT2D eigenvalue weighted by Gasteiger charge is -2.10. The predicted molar refractivity (Wildman–Crippen MR) is 73.9 cm³/mol. The summed E-state index contributed by atoms with van der Waals surface area (Å²) in [6.45, 7) is 2.02. The molecule has 0 heterocycles. The number of ether oxygens (including phenoxy) is 1. The molecule has 0 aliphatic rings. The van der Waals surface area contributed by atoms with E-state index >= 15 is 0 Å². The topological polar surface area (TPSA) is 46.5 Å². The Labute approximate surface area is 120 Å². The highest BCUT2D eigenvalue weighted by Gasteiger charge is 2.08. The van der Waals surface area contributed by atoms with E-state index in [1.54, 1.807) is 13.0 Å². The minimum absolute atomic E-state index is 0.0975. The van der Waals surface area contributed by atoms with Gasteiger partial charge in [-0.1, -0.05) is 17.7 Å². The minimum Gasteiger partial charge on any atom is -0.487 e. The lowest BCUT2D eigenvalue weighted by Crippen LogP contribution is -2.00. The minimum atomic E-state index is -1.05. The largest absolute Gasteiger partial charge is 0.487 e. The number of rotatable bonds is 4. The number of aryl methyl sites for hydroxylation is 1. The molecule has 0 bridgehead atoms. The fraction of sp³-hybridized carbons (Fsp3) is 0.133. The van der Waals surface area contributed by atoms with Crippen molar-refractivity contribution in [3.05, 3.63) is 63.9 Å². The van der Waals surface area contributed by atoms with Gasteiger partial charge in [0.05, 0.1) is 10.6 Å². The second-order valence-corrected chi connectivity index (χ2v) is 4.72. The SMILES string of the molecule is Cc1cc(F)ccc1COc1ccc(C(=O)O)cc1Cl. The summed E-state index contributed by atoms with van der Waals surface area (Å²) in [7, 11) is 0. The van der Waals surface area contributed by atoms with Gasteiger partial charge in [-0.2, -0.15) is 0 Å². The van der Waals surface area contributed by atoms with Crippen LogP contribution in [0, 0.1) is 12.7 Å². The van der Waals surface area contributed by atoms with E-state index in [9.17, 15) is 9.18 Å². The van der Waals surface area contributed by atoms with Gasteiger partial charge in [0.15, 0.2) is 0 Å². The van der Waals surface area contributed by atoms with Crippen LogP contribution in [0.2, 0.25) is 5.02 Å². The summed E-state index contributed by atoms with van der Waals surface area (Å²) in [6.07, 6.45) is 0. The summed E-state index contributed by atoms with van der Waals surface area (Å²) < 4.78 is 18.5. The number of aromatic carboxylic acids is 1. The molecule has 0 aromatic heterocycles. The lowest BCUT2D eigenvalue weighted by atomic mass is 10.1. The smallest absolute Gasteiger partial charge is 0.335 e. The molecule has 0 atom stereocenters. The molecule has 0 aliphatic heterocycles.